The summed E-state index contributed by atoms with van der Waals surface area (Å²) in [6.07, 6.45) is 5.76. The molecule has 2 fully saturated rings. The fourth-order valence-corrected chi connectivity index (χ4v) is 3.41. The number of aryl methyl sites for hydroxylation is 1. The van der Waals surface area contributed by atoms with Crippen LogP contribution in [0.15, 0.2) is 36.7 Å². The van der Waals surface area contributed by atoms with Crippen molar-refractivity contribution in [3.63, 3.8) is 0 Å². The van der Waals surface area contributed by atoms with Gasteiger partial charge in [-0.1, -0.05) is 6.07 Å². The Morgan fingerprint density at radius 2 is 2.21 bits per heavy atom. The molecule has 2 aromatic heterocycles. The van der Waals surface area contributed by atoms with Gasteiger partial charge < -0.3 is 14.4 Å². The normalized spacial score (nSPS) is 22.4. The molecule has 0 aliphatic carbocycles. The van der Waals surface area contributed by atoms with Crippen LogP contribution in [-0.2, 0) is 16.1 Å². The lowest BCUT2D eigenvalue weighted by Gasteiger charge is -2.53. The lowest BCUT2D eigenvalue weighted by Crippen LogP contribution is -2.66. The molecule has 4 heterocycles. The van der Waals surface area contributed by atoms with Crippen LogP contribution in [-0.4, -0.2) is 46.6 Å². The monoisotopic (exact) mass is 326 g/mol. The Morgan fingerprint density at radius 1 is 1.29 bits per heavy atom. The molecular formula is C18H22N4O2. The van der Waals surface area contributed by atoms with Gasteiger partial charge in [0.1, 0.15) is 5.60 Å². The van der Waals surface area contributed by atoms with Gasteiger partial charge in [0.25, 0.3) is 0 Å². The van der Waals surface area contributed by atoms with Crippen LogP contribution >= 0.6 is 0 Å². The zero-order chi connectivity index (χ0) is 16.4. The molecule has 6 heteroatoms. The minimum absolute atomic E-state index is 0.0928. The van der Waals surface area contributed by atoms with Crippen LogP contribution in [0.1, 0.15) is 24.1 Å². The van der Waals surface area contributed by atoms with Crippen LogP contribution in [0.5, 0.6) is 0 Å². The van der Waals surface area contributed by atoms with Crippen molar-refractivity contribution >= 4 is 5.82 Å². The maximum absolute atomic E-state index is 6.09. The number of aromatic nitrogens is 3. The fourth-order valence-electron chi connectivity index (χ4n) is 3.41. The Morgan fingerprint density at radius 3 is 2.96 bits per heavy atom. The second-order valence-corrected chi connectivity index (χ2v) is 6.71. The van der Waals surface area contributed by atoms with Gasteiger partial charge in [-0.25, -0.2) is 0 Å². The first-order valence-corrected chi connectivity index (χ1v) is 8.42. The van der Waals surface area contributed by atoms with Gasteiger partial charge in [-0.15, -0.1) is 5.10 Å². The smallest absolute Gasteiger partial charge is 0.151 e. The molecule has 2 aliphatic heterocycles. The summed E-state index contributed by atoms with van der Waals surface area (Å²) in [4.78, 5) is 6.35. The van der Waals surface area contributed by atoms with Crippen molar-refractivity contribution in [2.75, 3.05) is 24.6 Å². The van der Waals surface area contributed by atoms with E-state index in [1.54, 1.807) is 6.20 Å². The molecular weight excluding hydrogens is 304 g/mol. The Labute approximate surface area is 141 Å². The highest BCUT2D eigenvalue weighted by molar-refractivity contribution is 5.43. The van der Waals surface area contributed by atoms with Crippen LogP contribution in [0.25, 0.3) is 0 Å². The molecule has 2 aliphatic rings. The molecule has 2 saturated heterocycles. The Bertz CT molecular complexity index is 671. The summed E-state index contributed by atoms with van der Waals surface area (Å²) >= 11 is 0. The fraction of sp³-hybridized carbons (Fsp3) is 0.500. The molecule has 24 heavy (non-hydrogen) atoms. The predicted octanol–water partition coefficient (Wildman–Crippen LogP) is 2.13. The van der Waals surface area contributed by atoms with Crippen LogP contribution in [0.4, 0.5) is 5.82 Å². The SMILES string of the molecule is Cc1ccc(N2CC3(C[C@H](OCc4cccnc4)CCO3)C2)nn1. The van der Waals surface area contributed by atoms with E-state index in [1.807, 2.05) is 37.4 Å². The van der Waals surface area contributed by atoms with E-state index in [0.717, 1.165) is 49.6 Å². The average molecular weight is 326 g/mol. The molecule has 126 valence electrons. The molecule has 6 nitrogen and oxygen atoms in total. The zero-order valence-corrected chi connectivity index (χ0v) is 13.9. The van der Waals surface area contributed by atoms with Crippen LogP contribution in [0.3, 0.4) is 0 Å². The summed E-state index contributed by atoms with van der Waals surface area (Å²) in [5, 5.41) is 8.39. The van der Waals surface area contributed by atoms with E-state index in [-0.39, 0.29) is 11.7 Å². The first kappa shape index (κ1) is 15.5. The third kappa shape index (κ3) is 3.25. The molecule has 0 radical (unpaired) electrons. The van der Waals surface area contributed by atoms with Crippen molar-refractivity contribution in [1.82, 2.24) is 15.2 Å². The van der Waals surface area contributed by atoms with Gasteiger partial charge in [0.05, 0.1) is 31.5 Å². The minimum Gasteiger partial charge on any atom is -0.373 e. The molecule has 0 amide bonds. The molecule has 4 rings (SSSR count). The minimum atomic E-state index is -0.0928. The van der Waals surface area contributed by atoms with E-state index in [2.05, 4.69) is 20.1 Å². The highest BCUT2D eigenvalue weighted by Crippen LogP contribution is 2.37. The summed E-state index contributed by atoms with van der Waals surface area (Å²) in [7, 11) is 0. The molecule has 0 aromatic carbocycles. The van der Waals surface area contributed by atoms with Crippen LogP contribution < -0.4 is 4.90 Å². The highest BCUT2D eigenvalue weighted by Gasteiger charge is 2.48. The first-order valence-electron chi connectivity index (χ1n) is 8.42. The molecule has 1 atom stereocenters. The predicted molar refractivity (Wildman–Crippen MR) is 89.7 cm³/mol. The number of anilines is 1. The zero-order valence-electron chi connectivity index (χ0n) is 13.9. The number of hydrogen-bond donors (Lipinski definition) is 0. The average Bonchev–Trinajstić information content (AvgIpc) is 2.60. The summed E-state index contributed by atoms with van der Waals surface area (Å²) in [6, 6.07) is 8.00. The van der Waals surface area contributed by atoms with Crippen molar-refractivity contribution < 1.29 is 9.47 Å². The van der Waals surface area contributed by atoms with Gasteiger partial charge >= 0.3 is 0 Å². The second-order valence-electron chi connectivity index (χ2n) is 6.71. The number of ether oxygens (including phenoxy) is 2. The third-order valence-electron chi connectivity index (χ3n) is 4.72. The van der Waals surface area contributed by atoms with Crippen LogP contribution in [0, 0.1) is 6.92 Å². The number of nitrogens with zero attached hydrogens (tertiary/aromatic N) is 4. The molecule has 0 unspecified atom stereocenters. The maximum atomic E-state index is 6.09. The quantitative estimate of drug-likeness (QED) is 0.858. The van der Waals surface area contributed by atoms with Gasteiger partial charge in [0.2, 0.25) is 0 Å². The van der Waals surface area contributed by atoms with Crippen molar-refractivity contribution in [2.45, 2.75) is 38.1 Å². The van der Waals surface area contributed by atoms with E-state index >= 15 is 0 Å². The molecule has 0 bridgehead atoms. The van der Waals surface area contributed by atoms with E-state index in [0.29, 0.717) is 6.61 Å². The lowest BCUT2D eigenvalue weighted by atomic mass is 9.84. The van der Waals surface area contributed by atoms with E-state index < -0.39 is 0 Å². The molecule has 1 spiro atoms. The standard InChI is InChI=1S/C18H22N4O2/c1-14-4-5-17(21-20-14)22-12-18(13-22)9-16(6-8-24-18)23-11-15-3-2-7-19-10-15/h2-5,7,10,16H,6,8-9,11-13H2,1H3/t16-/m1/s1. The summed E-state index contributed by atoms with van der Waals surface area (Å²) in [5.74, 6) is 0.924. The number of rotatable bonds is 4. The lowest BCUT2D eigenvalue weighted by molar-refractivity contribution is -0.148. The van der Waals surface area contributed by atoms with Gasteiger partial charge in [-0.2, -0.15) is 5.10 Å². The Hall–Kier alpha value is -2.05. The van der Waals surface area contributed by atoms with Crippen molar-refractivity contribution in [2.24, 2.45) is 0 Å². The van der Waals surface area contributed by atoms with E-state index in [9.17, 15) is 0 Å². The second kappa shape index (κ2) is 6.45. The topological polar surface area (TPSA) is 60.4 Å². The van der Waals surface area contributed by atoms with E-state index in [4.69, 9.17) is 9.47 Å². The van der Waals surface area contributed by atoms with Crippen molar-refractivity contribution in [3.8, 4) is 0 Å². The highest BCUT2D eigenvalue weighted by atomic mass is 16.5. The van der Waals surface area contributed by atoms with Crippen molar-refractivity contribution in [3.05, 3.63) is 47.9 Å². The number of hydrogen-bond acceptors (Lipinski definition) is 6. The largest absolute Gasteiger partial charge is 0.373 e. The van der Waals surface area contributed by atoms with Crippen LogP contribution in [0.2, 0.25) is 0 Å². The maximum Gasteiger partial charge on any atom is 0.151 e. The van der Waals surface area contributed by atoms with Gasteiger partial charge in [0, 0.05) is 25.4 Å². The van der Waals surface area contributed by atoms with Gasteiger partial charge in [-0.05, 0) is 37.1 Å². The Balaban J connectivity index is 1.32. The number of pyridine rings is 1. The summed E-state index contributed by atoms with van der Waals surface area (Å²) in [6.45, 7) is 5.03. The Kier molecular flexibility index (Phi) is 4.16. The summed E-state index contributed by atoms with van der Waals surface area (Å²) < 4.78 is 12.2. The third-order valence-corrected chi connectivity index (χ3v) is 4.72. The molecule has 2 aromatic rings. The van der Waals surface area contributed by atoms with E-state index in [1.165, 1.54) is 0 Å². The van der Waals surface area contributed by atoms with Gasteiger partial charge in [-0.3, -0.25) is 4.98 Å². The van der Waals surface area contributed by atoms with Crippen molar-refractivity contribution in [1.29, 1.82) is 0 Å². The van der Waals surface area contributed by atoms with Gasteiger partial charge in [0.15, 0.2) is 5.82 Å². The molecule has 0 saturated carbocycles. The summed E-state index contributed by atoms with van der Waals surface area (Å²) in [5.41, 5.74) is 1.96. The first-order chi connectivity index (χ1) is 11.7. The molecule has 0 N–H and O–H groups in total.